The zero-order valence-electron chi connectivity index (χ0n) is 7.68. The number of hydrogen-bond acceptors (Lipinski definition) is 5. The molecule has 1 heterocycles. The average Bonchev–Trinajstić information content (AvgIpc) is 2.61. The van der Waals surface area contributed by atoms with Crippen molar-refractivity contribution in [1.29, 1.82) is 0 Å². The molecule has 0 aliphatic heterocycles. The van der Waals surface area contributed by atoms with Gasteiger partial charge in [-0.05, 0) is 23.7 Å². The maximum absolute atomic E-state index is 12.8. The van der Waals surface area contributed by atoms with Gasteiger partial charge in [0.1, 0.15) is 23.1 Å². The lowest BCUT2D eigenvalue weighted by molar-refractivity contribution is 0.308. The number of halogens is 1. The van der Waals surface area contributed by atoms with Gasteiger partial charge in [0.25, 0.3) is 0 Å². The number of hydrogen-bond donors (Lipinski definition) is 1. The minimum Gasteiger partial charge on any atom is -0.488 e. The first-order valence-corrected chi connectivity index (χ1v) is 4.98. The van der Waals surface area contributed by atoms with Crippen LogP contribution in [-0.2, 0) is 6.61 Å². The molecule has 0 amide bonds. The molecule has 0 fully saturated rings. The quantitative estimate of drug-likeness (QED) is 0.865. The molecule has 0 saturated carbocycles. The number of aromatic nitrogens is 2. The van der Waals surface area contributed by atoms with Gasteiger partial charge in [-0.15, -0.1) is 5.10 Å². The highest BCUT2D eigenvalue weighted by atomic mass is 32.1. The van der Waals surface area contributed by atoms with E-state index in [1.54, 1.807) is 12.1 Å². The second-order valence-corrected chi connectivity index (χ2v) is 3.67. The topological polar surface area (TPSA) is 61.0 Å². The highest BCUT2D eigenvalue weighted by Crippen LogP contribution is 2.17. The summed E-state index contributed by atoms with van der Waals surface area (Å²) in [5.41, 5.74) is 5.52. The van der Waals surface area contributed by atoms with Crippen LogP contribution in [0.1, 0.15) is 4.88 Å². The number of anilines is 1. The van der Waals surface area contributed by atoms with Crippen molar-refractivity contribution in [2.45, 2.75) is 6.61 Å². The first-order chi connectivity index (χ1) is 7.25. The summed E-state index contributed by atoms with van der Waals surface area (Å²) in [6, 6.07) is 5.92. The van der Waals surface area contributed by atoms with Gasteiger partial charge < -0.3 is 10.5 Å². The fourth-order valence-corrected chi connectivity index (χ4v) is 1.50. The fourth-order valence-electron chi connectivity index (χ4n) is 1.02. The molecule has 1 aromatic carbocycles. The first-order valence-electron chi connectivity index (χ1n) is 4.21. The van der Waals surface area contributed by atoms with E-state index in [2.05, 4.69) is 9.59 Å². The molecular formula is C9H8FN3OS. The van der Waals surface area contributed by atoms with Gasteiger partial charge in [0.15, 0.2) is 5.82 Å². The molecule has 2 N–H and O–H groups in total. The molecular weight excluding hydrogens is 217 g/mol. The molecule has 0 aliphatic carbocycles. The van der Waals surface area contributed by atoms with Crippen LogP contribution in [0.2, 0.25) is 0 Å². The highest BCUT2D eigenvalue weighted by Gasteiger charge is 2.04. The summed E-state index contributed by atoms with van der Waals surface area (Å²) < 4.78 is 21.8. The van der Waals surface area contributed by atoms with Crippen molar-refractivity contribution in [3.05, 3.63) is 35.0 Å². The Morgan fingerprint density at radius 3 is 3.00 bits per heavy atom. The SMILES string of the molecule is Nc1nnsc1COc1cccc(F)c1. The van der Waals surface area contributed by atoms with Gasteiger partial charge in [-0.25, -0.2) is 4.39 Å². The van der Waals surface area contributed by atoms with E-state index in [1.165, 1.54) is 23.7 Å². The molecule has 0 spiro atoms. The first kappa shape index (κ1) is 9.85. The van der Waals surface area contributed by atoms with Crippen LogP contribution in [0, 0.1) is 5.82 Å². The van der Waals surface area contributed by atoms with Crippen molar-refractivity contribution in [1.82, 2.24) is 9.59 Å². The third-order valence-corrected chi connectivity index (χ3v) is 2.46. The molecule has 0 aliphatic rings. The van der Waals surface area contributed by atoms with Crippen molar-refractivity contribution < 1.29 is 9.13 Å². The summed E-state index contributed by atoms with van der Waals surface area (Å²) in [5, 5.41) is 3.64. The summed E-state index contributed by atoms with van der Waals surface area (Å²) in [6.45, 7) is 0.257. The predicted molar refractivity (Wildman–Crippen MR) is 55.1 cm³/mol. The van der Waals surface area contributed by atoms with Crippen LogP contribution >= 0.6 is 11.5 Å². The standard InChI is InChI=1S/C9H8FN3OS/c10-6-2-1-3-7(4-6)14-5-8-9(11)12-13-15-8/h1-4H,5,11H2. The summed E-state index contributed by atoms with van der Waals surface area (Å²) in [7, 11) is 0. The van der Waals surface area contributed by atoms with Crippen molar-refractivity contribution in [3.63, 3.8) is 0 Å². The molecule has 2 aromatic rings. The monoisotopic (exact) mass is 225 g/mol. The van der Waals surface area contributed by atoms with Crippen LogP contribution in [0.5, 0.6) is 5.75 Å². The number of nitrogens with two attached hydrogens (primary N) is 1. The Labute approximate surface area is 89.7 Å². The predicted octanol–water partition coefficient (Wildman–Crippen LogP) is 1.84. The van der Waals surface area contributed by atoms with E-state index in [1.807, 2.05) is 0 Å². The van der Waals surface area contributed by atoms with Crippen LogP contribution in [0.15, 0.2) is 24.3 Å². The fraction of sp³-hybridized carbons (Fsp3) is 0.111. The number of rotatable bonds is 3. The molecule has 2 rings (SSSR count). The van der Waals surface area contributed by atoms with Gasteiger partial charge in [-0.1, -0.05) is 10.6 Å². The Kier molecular flexibility index (Phi) is 2.77. The zero-order chi connectivity index (χ0) is 10.7. The van der Waals surface area contributed by atoms with Gasteiger partial charge in [0.2, 0.25) is 0 Å². The van der Waals surface area contributed by atoms with Gasteiger partial charge in [0.05, 0.1) is 0 Å². The maximum atomic E-state index is 12.8. The summed E-state index contributed by atoms with van der Waals surface area (Å²) >= 11 is 1.17. The summed E-state index contributed by atoms with van der Waals surface area (Å²) in [5.74, 6) is 0.488. The smallest absolute Gasteiger partial charge is 0.165 e. The lowest BCUT2D eigenvalue weighted by Gasteiger charge is -2.03. The van der Waals surface area contributed by atoms with Gasteiger partial charge >= 0.3 is 0 Å². The van der Waals surface area contributed by atoms with Crippen molar-refractivity contribution in [2.75, 3.05) is 5.73 Å². The molecule has 6 heteroatoms. The summed E-state index contributed by atoms with van der Waals surface area (Å²) in [6.07, 6.45) is 0. The molecule has 4 nitrogen and oxygen atoms in total. The summed E-state index contributed by atoms with van der Waals surface area (Å²) in [4.78, 5) is 0.735. The number of nitrogen functional groups attached to an aromatic ring is 1. The van der Waals surface area contributed by atoms with Crippen LogP contribution in [-0.4, -0.2) is 9.59 Å². The van der Waals surface area contributed by atoms with E-state index in [4.69, 9.17) is 10.5 Å². The molecule has 1 aromatic heterocycles. The average molecular weight is 225 g/mol. The third-order valence-electron chi connectivity index (χ3n) is 1.75. The second-order valence-electron chi connectivity index (χ2n) is 2.83. The molecule has 78 valence electrons. The van der Waals surface area contributed by atoms with E-state index in [0.29, 0.717) is 11.6 Å². The van der Waals surface area contributed by atoms with E-state index in [-0.39, 0.29) is 12.4 Å². The van der Waals surface area contributed by atoms with Crippen molar-refractivity contribution in [2.24, 2.45) is 0 Å². The van der Waals surface area contributed by atoms with Crippen LogP contribution < -0.4 is 10.5 Å². The number of ether oxygens (including phenoxy) is 1. The number of nitrogens with zero attached hydrogens (tertiary/aromatic N) is 2. The minimum absolute atomic E-state index is 0.257. The van der Waals surface area contributed by atoms with Crippen LogP contribution in [0.25, 0.3) is 0 Å². The second kappa shape index (κ2) is 4.22. The van der Waals surface area contributed by atoms with E-state index in [9.17, 15) is 4.39 Å². The maximum Gasteiger partial charge on any atom is 0.165 e. The van der Waals surface area contributed by atoms with Crippen molar-refractivity contribution >= 4 is 17.4 Å². The lowest BCUT2D eigenvalue weighted by atomic mass is 10.3. The minimum atomic E-state index is -0.331. The largest absolute Gasteiger partial charge is 0.488 e. The Hall–Kier alpha value is -1.69. The normalized spacial score (nSPS) is 10.2. The molecule has 0 radical (unpaired) electrons. The molecule has 0 unspecified atom stereocenters. The van der Waals surface area contributed by atoms with Crippen molar-refractivity contribution in [3.8, 4) is 5.75 Å². The Balaban J connectivity index is 2.02. The Morgan fingerprint density at radius 2 is 2.33 bits per heavy atom. The molecule has 0 bridgehead atoms. The van der Waals surface area contributed by atoms with Gasteiger partial charge in [0, 0.05) is 6.07 Å². The molecule has 15 heavy (non-hydrogen) atoms. The third kappa shape index (κ3) is 2.41. The van der Waals surface area contributed by atoms with Crippen LogP contribution in [0.3, 0.4) is 0 Å². The lowest BCUT2D eigenvalue weighted by Crippen LogP contribution is -1.97. The van der Waals surface area contributed by atoms with Gasteiger partial charge in [-0.2, -0.15) is 0 Å². The molecule has 0 atom stereocenters. The van der Waals surface area contributed by atoms with E-state index >= 15 is 0 Å². The molecule has 0 saturated heterocycles. The Bertz CT molecular complexity index is 460. The number of benzene rings is 1. The van der Waals surface area contributed by atoms with Gasteiger partial charge in [-0.3, -0.25) is 0 Å². The van der Waals surface area contributed by atoms with E-state index < -0.39 is 0 Å². The van der Waals surface area contributed by atoms with E-state index in [0.717, 1.165) is 4.88 Å². The van der Waals surface area contributed by atoms with Crippen LogP contribution in [0.4, 0.5) is 10.2 Å². The Morgan fingerprint density at radius 1 is 1.47 bits per heavy atom. The highest BCUT2D eigenvalue weighted by molar-refractivity contribution is 7.05. The zero-order valence-corrected chi connectivity index (χ0v) is 8.50.